The average molecular weight is 492 g/mol. The molecule has 4 nitrogen and oxygen atoms in total. The normalized spacial score (nSPS) is 20.2. The van der Waals surface area contributed by atoms with E-state index in [2.05, 4.69) is 36.4 Å². The van der Waals surface area contributed by atoms with Crippen LogP contribution in [0.15, 0.2) is 4.99 Å². The van der Waals surface area contributed by atoms with Crippen molar-refractivity contribution in [2.24, 2.45) is 16.8 Å². The smallest absolute Gasteiger partial charge is 0.357 e. The molecule has 0 spiro atoms. The van der Waals surface area contributed by atoms with Crippen molar-refractivity contribution in [1.29, 1.82) is 0 Å². The third kappa shape index (κ3) is 12.2. The summed E-state index contributed by atoms with van der Waals surface area (Å²) in [4.78, 5) is 6.08. The molecular weight excluding hydrogens is 456 g/mol. The lowest BCUT2D eigenvalue weighted by Crippen LogP contribution is -2.42. The predicted octanol–water partition coefficient (Wildman–Crippen LogP) is 4.26. The molecule has 156 valence electrons. The van der Waals surface area contributed by atoms with Gasteiger partial charge in [-0.15, -0.1) is 24.0 Å². The Bertz CT molecular complexity index is 402. The van der Waals surface area contributed by atoms with Crippen LogP contribution in [-0.4, -0.2) is 55.8 Å². The van der Waals surface area contributed by atoms with Gasteiger partial charge in [0.2, 0.25) is 0 Å². The second-order valence-corrected chi connectivity index (χ2v) is 7.59. The molecule has 8 heteroatoms. The highest BCUT2D eigenvalue weighted by molar-refractivity contribution is 14.0. The maximum atomic E-state index is 12.5. The Morgan fingerprint density at radius 3 is 2.50 bits per heavy atom. The van der Waals surface area contributed by atoms with Gasteiger partial charge >= 0.3 is 6.18 Å². The maximum absolute atomic E-state index is 12.5. The summed E-state index contributed by atoms with van der Waals surface area (Å²) in [5.74, 6) is 1.69. The van der Waals surface area contributed by atoms with E-state index < -0.39 is 12.7 Å². The van der Waals surface area contributed by atoms with E-state index in [4.69, 9.17) is 0 Å². The van der Waals surface area contributed by atoms with Gasteiger partial charge in [-0.2, -0.15) is 13.2 Å². The average Bonchev–Trinajstić information content (AvgIpc) is 2.90. The standard InChI is InChI=1S/C18H35F3N4.HI/c1-5-22-17(24-15(4)8-6-7-14(2)3)23-11-16-9-10-25(12-16)13-18(19,20)21;/h14-16H,5-13H2,1-4H3,(H2,22,23,24);1H. The molecule has 0 aromatic carbocycles. The number of guanidine groups is 1. The van der Waals surface area contributed by atoms with Gasteiger partial charge in [0.15, 0.2) is 5.96 Å². The monoisotopic (exact) mass is 492 g/mol. The second kappa shape index (κ2) is 13.0. The zero-order valence-corrected chi connectivity index (χ0v) is 18.9. The number of halogens is 4. The SMILES string of the molecule is CCNC(=NCC1CCN(CC(F)(F)F)C1)NC(C)CCCC(C)C.I. The molecule has 0 aliphatic carbocycles. The van der Waals surface area contributed by atoms with E-state index in [0.29, 0.717) is 25.7 Å². The Hall–Kier alpha value is -0.250. The molecule has 0 aromatic rings. The van der Waals surface area contributed by atoms with Gasteiger partial charge in [-0.25, -0.2) is 0 Å². The lowest BCUT2D eigenvalue weighted by Gasteiger charge is -2.19. The largest absolute Gasteiger partial charge is 0.401 e. The molecule has 0 saturated carbocycles. The van der Waals surface area contributed by atoms with Crippen molar-refractivity contribution in [3.63, 3.8) is 0 Å². The highest BCUT2D eigenvalue weighted by atomic mass is 127. The predicted molar refractivity (Wildman–Crippen MR) is 113 cm³/mol. The van der Waals surface area contributed by atoms with E-state index in [9.17, 15) is 13.2 Å². The molecule has 0 bridgehead atoms. The molecule has 2 N–H and O–H groups in total. The van der Waals surface area contributed by atoms with Crippen molar-refractivity contribution in [1.82, 2.24) is 15.5 Å². The van der Waals surface area contributed by atoms with E-state index in [1.165, 1.54) is 17.7 Å². The fourth-order valence-corrected chi connectivity index (χ4v) is 3.14. The van der Waals surface area contributed by atoms with Gasteiger partial charge in [0.1, 0.15) is 0 Å². The second-order valence-electron chi connectivity index (χ2n) is 7.59. The number of alkyl halides is 3. The third-order valence-electron chi connectivity index (χ3n) is 4.43. The van der Waals surface area contributed by atoms with E-state index in [1.807, 2.05) is 6.92 Å². The minimum absolute atomic E-state index is 0. The third-order valence-corrected chi connectivity index (χ3v) is 4.43. The summed E-state index contributed by atoms with van der Waals surface area (Å²) >= 11 is 0. The quantitative estimate of drug-likeness (QED) is 0.287. The maximum Gasteiger partial charge on any atom is 0.401 e. The molecular formula is C18H36F3IN4. The van der Waals surface area contributed by atoms with Crippen LogP contribution in [0.3, 0.4) is 0 Å². The molecule has 0 aromatic heterocycles. The first-order valence-corrected chi connectivity index (χ1v) is 9.53. The summed E-state index contributed by atoms with van der Waals surface area (Å²) in [7, 11) is 0. The van der Waals surface area contributed by atoms with Crippen LogP contribution in [0.4, 0.5) is 13.2 Å². The zero-order valence-electron chi connectivity index (χ0n) is 16.5. The first-order chi connectivity index (χ1) is 11.7. The van der Waals surface area contributed by atoms with E-state index in [0.717, 1.165) is 31.3 Å². The van der Waals surface area contributed by atoms with Crippen molar-refractivity contribution in [3.8, 4) is 0 Å². The number of nitrogens with one attached hydrogen (secondary N) is 2. The molecule has 1 heterocycles. The molecule has 1 aliphatic rings. The number of nitrogens with zero attached hydrogens (tertiary/aromatic N) is 2. The summed E-state index contributed by atoms with van der Waals surface area (Å²) in [5, 5.41) is 6.64. The van der Waals surface area contributed by atoms with Gasteiger partial charge in [-0.05, 0) is 45.1 Å². The molecule has 1 aliphatic heterocycles. The molecule has 26 heavy (non-hydrogen) atoms. The van der Waals surface area contributed by atoms with Crippen molar-refractivity contribution in [3.05, 3.63) is 0 Å². The fourth-order valence-electron chi connectivity index (χ4n) is 3.14. The highest BCUT2D eigenvalue weighted by Gasteiger charge is 2.34. The van der Waals surface area contributed by atoms with Crippen LogP contribution in [0.1, 0.15) is 53.4 Å². The summed E-state index contributed by atoms with van der Waals surface area (Å²) in [6.45, 7) is 10.1. The molecule has 1 rings (SSSR count). The molecule has 1 saturated heterocycles. The zero-order chi connectivity index (χ0) is 18.9. The van der Waals surface area contributed by atoms with Crippen molar-refractivity contribution < 1.29 is 13.2 Å². The van der Waals surface area contributed by atoms with Crippen LogP contribution < -0.4 is 10.6 Å². The summed E-state index contributed by atoms with van der Waals surface area (Å²) < 4.78 is 37.4. The Morgan fingerprint density at radius 1 is 1.23 bits per heavy atom. The minimum Gasteiger partial charge on any atom is -0.357 e. The number of hydrogen-bond donors (Lipinski definition) is 2. The van der Waals surface area contributed by atoms with Crippen molar-refractivity contribution >= 4 is 29.9 Å². The molecule has 0 radical (unpaired) electrons. The van der Waals surface area contributed by atoms with Gasteiger partial charge < -0.3 is 10.6 Å². The number of likely N-dealkylation sites (tertiary alicyclic amines) is 1. The highest BCUT2D eigenvalue weighted by Crippen LogP contribution is 2.22. The summed E-state index contributed by atoms with van der Waals surface area (Å²) in [6.07, 6.45) is 0.158. The van der Waals surface area contributed by atoms with E-state index in [1.54, 1.807) is 0 Å². The van der Waals surface area contributed by atoms with Gasteiger partial charge in [0.25, 0.3) is 0 Å². The molecule has 0 amide bonds. The Balaban J connectivity index is 0.00000625. The first-order valence-electron chi connectivity index (χ1n) is 9.53. The van der Waals surface area contributed by atoms with Crippen LogP contribution in [0.5, 0.6) is 0 Å². The topological polar surface area (TPSA) is 39.7 Å². The first kappa shape index (κ1) is 25.8. The number of hydrogen-bond acceptors (Lipinski definition) is 2. The lowest BCUT2D eigenvalue weighted by molar-refractivity contribution is -0.143. The number of rotatable bonds is 9. The van der Waals surface area contributed by atoms with Crippen LogP contribution in [0, 0.1) is 11.8 Å². The fraction of sp³-hybridized carbons (Fsp3) is 0.944. The molecule has 1 fully saturated rings. The van der Waals surface area contributed by atoms with Crippen molar-refractivity contribution in [2.75, 3.05) is 32.7 Å². The Kier molecular flexibility index (Phi) is 12.9. The van der Waals surface area contributed by atoms with E-state index >= 15 is 0 Å². The van der Waals surface area contributed by atoms with Crippen LogP contribution >= 0.6 is 24.0 Å². The van der Waals surface area contributed by atoms with Crippen molar-refractivity contribution in [2.45, 2.75) is 65.6 Å². The van der Waals surface area contributed by atoms with E-state index in [-0.39, 0.29) is 29.9 Å². The van der Waals surface area contributed by atoms with Gasteiger partial charge in [0, 0.05) is 25.7 Å². The summed E-state index contributed by atoms with van der Waals surface area (Å²) in [5.41, 5.74) is 0. The van der Waals surface area contributed by atoms with Crippen LogP contribution in [-0.2, 0) is 0 Å². The van der Waals surface area contributed by atoms with Gasteiger partial charge in [0.05, 0.1) is 6.54 Å². The minimum atomic E-state index is -4.11. The Labute approximate surface area is 173 Å². The molecule has 2 atom stereocenters. The summed E-state index contributed by atoms with van der Waals surface area (Å²) in [6, 6.07) is 0.335. The van der Waals surface area contributed by atoms with Crippen LogP contribution in [0.25, 0.3) is 0 Å². The lowest BCUT2D eigenvalue weighted by atomic mass is 10.0. The Morgan fingerprint density at radius 2 is 1.92 bits per heavy atom. The van der Waals surface area contributed by atoms with Gasteiger partial charge in [-0.3, -0.25) is 9.89 Å². The van der Waals surface area contributed by atoms with Crippen LogP contribution in [0.2, 0.25) is 0 Å². The number of aliphatic imine (C=N–C) groups is 1. The van der Waals surface area contributed by atoms with Gasteiger partial charge in [-0.1, -0.05) is 26.7 Å². The molecule has 2 unspecified atom stereocenters.